The van der Waals surface area contributed by atoms with Crippen molar-refractivity contribution in [1.29, 1.82) is 0 Å². The van der Waals surface area contributed by atoms with Gasteiger partial charge in [0.1, 0.15) is 17.9 Å². The molecule has 1 N–H and O–H groups in total. The van der Waals surface area contributed by atoms with Crippen molar-refractivity contribution in [2.24, 2.45) is 0 Å². The molecule has 10 nitrogen and oxygen atoms in total. The molecule has 1 unspecified atom stereocenters. The average Bonchev–Trinajstić information content (AvgIpc) is 3.41. The van der Waals surface area contributed by atoms with Gasteiger partial charge in [-0.2, -0.15) is 5.10 Å². The van der Waals surface area contributed by atoms with Crippen molar-refractivity contribution < 1.29 is 14.3 Å². The van der Waals surface area contributed by atoms with Crippen molar-refractivity contribution in [3.63, 3.8) is 0 Å². The number of rotatable bonds is 6. The third-order valence-electron chi connectivity index (χ3n) is 7.16. The van der Waals surface area contributed by atoms with Crippen molar-refractivity contribution in [3.8, 4) is 22.6 Å². The summed E-state index contributed by atoms with van der Waals surface area (Å²) in [5, 5.41) is 7.44. The van der Waals surface area contributed by atoms with Gasteiger partial charge in [-0.1, -0.05) is 0 Å². The lowest BCUT2D eigenvalue weighted by molar-refractivity contribution is -0.135. The van der Waals surface area contributed by atoms with Crippen LogP contribution in [0.2, 0.25) is 0 Å². The molecule has 2 aromatic heterocycles. The molecule has 6 rings (SSSR count). The van der Waals surface area contributed by atoms with Crippen molar-refractivity contribution in [2.75, 3.05) is 20.2 Å². The van der Waals surface area contributed by atoms with Crippen LogP contribution in [0.15, 0.2) is 36.8 Å². The second kappa shape index (κ2) is 8.46. The zero-order valence-corrected chi connectivity index (χ0v) is 19.8. The highest BCUT2D eigenvalue weighted by molar-refractivity contribution is 6.00. The van der Waals surface area contributed by atoms with Crippen LogP contribution in [-0.2, 0) is 16.1 Å². The maximum Gasteiger partial charge on any atom is 0.257 e. The van der Waals surface area contributed by atoms with Gasteiger partial charge in [0.25, 0.3) is 5.91 Å². The first-order valence-electron chi connectivity index (χ1n) is 11.9. The summed E-state index contributed by atoms with van der Waals surface area (Å²) in [7, 11) is 1.67. The topological polar surface area (TPSA) is 107 Å². The number of ether oxygens (including phenoxy) is 1. The summed E-state index contributed by atoms with van der Waals surface area (Å²) < 4.78 is 8.97. The molecule has 5 heterocycles. The first-order valence-corrected chi connectivity index (χ1v) is 11.9. The predicted octanol–water partition coefficient (Wildman–Crippen LogP) is 2.15. The minimum absolute atomic E-state index is 0.00404. The van der Waals surface area contributed by atoms with E-state index in [0.29, 0.717) is 16.9 Å². The molecule has 1 saturated carbocycles. The van der Waals surface area contributed by atoms with Crippen LogP contribution < -0.4 is 5.32 Å². The van der Waals surface area contributed by atoms with Gasteiger partial charge in [-0.3, -0.25) is 9.59 Å². The molecule has 35 heavy (non-hydrogen) atoms. The highest BCUT2D eigenvalue weighted by Crippen LogP contribution is 2.33. The van der Waals surface area contributed by atoms with E-state index in [4.69, 9.17) is 9.72 Å². The fourth-order valence-electron chi connectivity index (χ4n) is 4.81. The number of carbonyl (C=O) groups is 2. The Balaban J connectivity index is 1.32. The Kier molecular flexibility index (Phi) is 5.25. The Labute approximate surface area is 202 Å². The van der Waals surface area contributed by atoms with Crippen LogP contribution in [0.5, 0.6) is 0 Å². The number of nitrogens with one attached hydrogen (secondary N) is 1. The van der Waals surface area contributed by atoms with E-state index in [1.165, 1.54) is 0 Å². The molecule has 2 atom stereocenters. The smallest absolute Gasteiger partial charge is 0.257 e. The molecular formula is C25H27N7O3. The Hall–Kier alpha value is -3.79. The zero-order chi connectivity index (χ0) is 24.1. The second-order valence-electron chi connectivity index (χ2n) is 9.29. The largest absolute Gasteiger partial charge is 0.379 e. The average molecular weight is 474 g/mol. The number of aryl methyl sites for hydroxylation is 1. The third kappa shape index (κ3) is 3.65. The molecule has 1 aliphatic carbocycles. The van der Waals surface area contributed by atoms with E-state index in [0.717, 1.165) is 55.0 Å². The zero-order valence-electron chi connectivity index (χ0n) is 19.8. The third-order valence-corrected chi connectivity index (χ3v) is 7.16. The van der Waals surface area contributed by atoms with Crippen LogP contribution in [-0.4, -0.2) is 73.2 Å². The minimum atomic E-state index is -0.205. The quantitative estimate of drug-likeness (QED) is 0.460. The molecule has 0 spiro atoms. The number of amides is 2. The maximum absolute atomic E-state index is 13.0. The Bertz CT molecular complexity index is 1400. The van der Waals surface area contributed by atoms with Crippen LogP contribution in [0, 0.1) is 6.92 Å². The van der Waals surface area contributed by atoms with Crippen molar-refractivity contribution in [2.45, 2.75) is 44.9 Å². The van der Waals surface area contributed by atoms with Crippen molar-refractivity contribution in [1.82, 2.24) is 34.4 Å². The van der Waals surface area contributed by atoms with Crippen LogP contribution >= 0.6 is 0 Å². The molecule has 2 fully saturated rings. The van der Waals surface area contributed by atoms with Crippen molar-refractivity contribution in [3.05, 3.63) is 48.0 Å². The van der Waals surface area contributed by atoms with Gasteiger partial charge in [0.2, 0.25) is 5.91 Å². The van der Waals surface area contributed by atoms with Crippen molar-refractivity contribution >= 4 is 17.5 Å². The lowest BCUT2D eigenvalue weighted by atomic mass is 9.89. The highest BCUT2D eigenvalue weighted by atomic mass is 16.5. The molecule has 4 aliphatic rings. The fourth-order valence-corrected chi connectivity index (χ4v) is 4.81. The van der Waals surface area contributed by atoms with E-state index in [-0.39, 0.29) is 30.5 Å². The lowest BCUT2D eigenvalue weighted by Gasteiger charge is -2.35. The number of hydrogen-bond acceptors (Lipinski definition) is 6. The molecule has 0 aromatic carbocycles. The van der Waals surface area contributed by atoms with Gasteiger partial charge in [0, 0.05) is 49.4 Å². The van der Waals surface area contributed by atoms with Crippen LogP contribution in [0.25, 0.3) is 28.3 Å². The van der Waals surface area contributed by atoms with Gasteiger partial charge in [0.15, 0.2) is 5.65 Å². The standard InChI is InChI=1S/C25H27N7O3/c1-15-11-20(28-24-18(13-27-32(15)24)25(34)29-19-6-7-21(19)35-2)17-12-26-23-16(17)5-3-8-31(23)14-22(33)30-9-4-10-30/h3,5,8,11-13,19,21H,4,6-7,9-10,14H2,1-2H3,(H,29,34)/t19?,21-/m0/s1. The monoisotopic (exact) mass is 473 g/mol. The summed E-state index contributed by atoms with van der Waals surface area (Å²) in [6, 6.07) is 5.84. The molecule has 3 aliphatic heterocycles. The Morgan fingerprint density at radius 3 is 2.77 bits per heavy atom. The van der Waals surface area contributed by atoms with E-state index in [1.807, 2.05) is 40.8 Å². The van der Waals surface area contributed by atoms with Crippen LogP contribution in [0.4, 0.5) is 0 Å². The number of nitrogens with zero attached hydrogens (tertiary/aromatic N) is 6. The molecular weight excluding hydrogens is 446 g/mol. The highest BCUT2D eigenvalue weighted by Gasteiger charge is 2.33. The normalized spacial score (nSPS) is 19.5. The van der Waals surface area contributed by atoms with Crippen LogP contribution in [0.3, 0.4) is 0 Å². The second-order valence-corrected chi connectivity index (χ2v) is 9.29. The summed E-state index contributed by atoms with van der Waals surface area (Å²) >= 11 is 0. The summed E-state index contributed by atoms with van der Waals surface area (Å²) in [5.74, 6) is 0.632. The number of aromatic nitrogens is 5. The van der Waals surface area contributed by atoms with Crippen LogP contribution in [0.1, 0.15) is 35.3 Å². The SMILES string of the molecule is CO[C@H]1CCC1NC(=O)c1cnn2c(C)cc(-c3cnc4n(CC(=O)N5CCC5)cccc3-4)nc12. The Morgan fingerprint density at radius 2 is 2.06 bits per heavy atom. The first-order chi connectivity index (χ1) is 17.0. The predicted molar refractivity (Wildman–Crippen MR) is 128 cm³/mol. The summed E-state index contributed by atoms with van der Waals surface area (Å²) in [6.07, 6.45) is 8.17. The van der Waals surface area contributed by atoms with Gasteiger partial charge >= 0.3 is 0 Å². The van der Waals surface area contributed by atoms with E-state index in [9.17, 15) is 9.59 Å². The van der Waals surface area contributed by atoms with Gasteiger partial charge < -0.3 is 19.5 Å². The minimum Gasteiger partial charge on any atom is -0.379 e. The Morgan fingerprint density at radius 1 is 1.20 bits per heavy atom. The number of likely N-dealkylation sites (tertiary alicyclic amines) is 1. The van der Waals surface area contributed by atoms with Gasteiger partial charge in [-0.25, -0.2) is 14.5 Å². The number of hydrogen-bond donors (Lipinski definition) is 1. The number of methoxy groups -OCH3 is 1. The van der Waals surface area contributed by atoms with Gasteiger partial charge in [-0.15, -0.1) is 0 Å². The number of fused-ring (bicyclic) bond motifs is 2. The maximum atomic E-state index is 13.0. The molecule has 180 valence electrons. The summed E-state index contributed by atoms with van der Waals surface area (Å²) in [6.45, 7) is 3.85. The molecule has 2 aromatic rings. The lowest BCUT2D eigenvalue weighted by Crippen LogP contribution is -2.51. The van der Waals surface area contributed by atoms with E-state index in [2.05, 4.69) is 15.4 Å². The molecule has 1 saturated heterocycles. The first kappa shape index (κ1) is 21.7. The number of pyridine rings is 1. The molecule has 0 bridgehead atoms. The van der Waals surface area contributed by atoms with Gasteiger partial charge in [-0.05, 0) is 44.4 Å². The van der Waals surface area contributed by atoms with E-state index < -0.39 is 0 Å². The molecule has 2 amide bonds. The summed E-state index contributed by atoms with van der Waals surface area (Å²) in [4.78, 5) is 36.9. The molecule has 0 radical (unpaired) electrons. The number of carbonyl (C=O) groups excluding carboxylic acids is 2. The van der Waals surface area contributed by atoms with E-state index in [1.54, 1.807) is 24.0 Å². The van der Waals surface area contributed by atoms with E-state index >= 15 is 0 Å². The summed E-state index contributed by atoms with van der Waals surface area (Å²) in [5.41, 5.74) is 4.24. The van der Waals surface area contributed by atoms with Gasteiger partial charge in [0.05, 0.1) is 24.0 Å². The molecule has 10 heteroatoms. The fraction of sp³-hybridized carbons (Fsp3) is 0.400.